The van der Waals surface area contributed by atoms with Gasteiger partial charge in [0.05, 0.1) is 44.7 Å². The molecular weight excluding hydrogens is 392 g/mol. The lowest BCUT2D eigenvalue weighted by atomic mass is 10.2. The van der Waals surface area contributed by atoms with Gasteiger partial charge in [-0.15, -0.1) is 0 Å². The fourth-order valence-corrected chi connectivity index (χ4v) is 3.93. The van der Waals surface area contributed by atoms with E-state index in [1.165, 1.54) is 16.7 Å². The number of thioether (sulfide) groups is 1. The lowest BCUT2D eigenvalue weighted by Crippen LogP contribution is -3.12. The molecule has 0 radical (unpaired) electrons. The quantitative estimate of drug-likeness (QED) is 0.594. The molecule has 1 amide bonds. The fraction of sp³-hybridized carbons (Fsp3) is 0.333. The number of likely N-dealkylation sites (N-methyl/N-ethyl adjacent to an activating group) is 1. The van der Waals surface area contributed by atoms with Gasteiger partial charge in [-0.3, -0.25) is 4.79 Å². The van der Waals surface area contributed by atoms with Crippen LogP contribution in [0, 0.1) is 6.92 Å². The summed E-state index contributed by atoms with van der Waals surface area (Å²) in [7, 11) is 2.21. The summed E-state index contributed by atoms with van der Waals surface area (Å²) < 4.78 is 0. The lowest BCUT2D eigenvalue weighted by Gasteiger charge is -2.32. The molecule has 0 aromatic heterocycles. The van der Waals surface area contributed by atoms with Crippen LogP contribution in [0.3, 0.4) is 0 Å². The molecule has 0 saturated carbocycles. The number of piperazine rings is 1. The van der Waals surface area contributed by atoms with Gasteiger partial charge in [-0.05, 0) is 36.8 Å². The first-order chi connectivity index (χ1) is 13.5. The Hall–Kier alpha value is -2.02. The molecule has 148 valence electrons. The molecule has 1 aliphatic heterocycles. The van der Waals surface area contributed by atoms with Gasteiger partial charge in [0, 0.05) is 10.7 Å². The van der Waals surface area contributed by atoms with Gasteiger partial charge in [0.2, 0.25) is 5.91 Å². The Labute approximate surface area is 175 Å². The molecule has 1 heterocycles. The molecule has 1 fully saturated rings. The third kappa shape index (κ3) is 5.99. The smallest absolute Gasteiger partial charge is 0.234 e. The zero-order valence-corrected chi connectivity index (χ0v) is 17.8. The minimum Gasteiger partial charge on any atom is -0.340 e. The molecule has 28 heavy (non-hydrogen) atoms. The predicted molar refractivity (Wildman–Crippen MR) is 119 cm³/mol. The molecule has 0 aliphatic carbocycles. The number of rotatable bonds is 4. The van der Waals surface area contributed by atoms with E-state index < -0.39 is 0 Å². The molecule has 0 bridgehead atoms. The number of halogens is 1. The van der Waals surface area contributed by atoms with Gasteiger partial charge >= 0.3 is 0 Å². The molecule has 0 atom stereocenters. The van der Waals surface area contributed by atoms with E-state index >= 15 is 0 Å². The summed E-state index contributed by atoms with van der Waals surface area (Å²) in [5.41, 5.74) is 2.61. The van der Waals surface area contributed by atoms with Crippen LogP contribution in [0.4, 0.5) is 11.4 Å². The molecule has 2 aromatic carbocycles. The molecule has 2 aromatic rings. The molecule has 3 rings (SSSR count). The second-order valence-corrected chi connectivity index (χ2v) is 8.32. The van der Waals surface area contributed by atoms with E-state index in [0.29, 0.717) is 16.5 Å². The second-order valence-electron chi connectivity index (χ2n) is 6.97. The molecule has 7 heteroatoms. The normalized spacial score (nSPS) is 15.5. The number of aryl methyl sites for hydroxylation is 1. The highest BCUT2D eigenvalue weighted by Crippen LogP contribution is 2.21. The number of aliphatic imine (C=N–C) groups is 1. The molecule has 2 N–H and O–H groups in total. The van der Waals surface area contributed by atoms with E-state index in [-0.39, 0.29) is 5.91 Å². The summed E-state index contributed by atoms with van der Waals surface area (Å²) in [4.78, 5) is 21.1. The summed E-state index contributed by atoms with van der Waals surface area (Å²) in [6, 6.07) is 15.4. The van der Waals surface area contributed by atoms with Crippen LogP contribution < -0.4 is 10.2 Å². The van der Waals surface area contributed by atoms with Crippen molar-refractivity contribution in [2.75, 3.05) is 44.3 Å². The van der Waals surface area contributed by atoms with Crippen LogP contribution in [0.5, 0.6) is 0 Å². The average Bonchev–Trinajstić information content (AvgIpc) is 2.69. The topological polar surface area (TPSA) is 49.1 Å². The molecule has 1 saturated heterocycles. The average molecular weight is 418 g/mol. The highest BCUT2D eigenvalue weighted by molar-refractivity contribution is 8.14. The molecule has 0 spiro atoms. The van der Waals surface area contributed by atoms with Crippen LogP contribution in [0.1, 0.15) is 5.56 Å². The van der Waals surface area contributed by atoms with Gasteiger partial charge in [-0.2, -0.15) is 0 Å². The summed E-state index contributed by atoms with van der Waals surface area (Å²) in [5.74, 6) is 0.238. The summed E-state index contributed by atoms with van der Waals surface area (Å²) in [6.07, 6.45) is 0. The number of nitrogens with one attached hydrogen (secondary N) is 2. The fourth-order valence-electron chi connectivity index (χ4n) is 2.88. The minimum atomic E-state index is -0.0644. The van der Waals surface area contributed by atoms with Gasteiger partial charge in [0.1, 0.15) is 0 Å². The van der Waals surface area contributed by atoms with Gasteiger partial charge in [-0.25, -0.2) is 4.99 Å². The summed E-state index contributed by atoms with van der Waals surface area (Å²) in [6.45, 7) is 5.97. The number of quaternary nitrogens is 1. The van der Waals surface area contributed by atoms with E-state index in [0.717, 1.165) is 42.6 Å². The van der Waals surface area contributed by atoms with Crippen molar-refractivity contribution >= 4 is 45.8 Å². The third-order valence-corrected chi connectivity index (χ3v) is 6.08. The number of amides is 1. The molecule has 5 nitrogen and oxygen atoms in total. The van der Waals surface area contributed by atoms with E-state index in [1.807, 2.05) is 49.4 Å². The van der Waals surface area contributed by atoms with Crippen molar-refractivity contribution in [2.24, 2.45) is 4.99 Å². The Bertz CT molecular complexity index is 836. The number of carbonyl (C=O) groups is 1. The van der Waals surface area contributed by atoms with Gasteiger partial charge < -0.3 is 15.1 Å². The van der Waals surface area contributed by atoms with Gasteiger partial charge in [-0.1, -0.05) is 47.6 Å². The van der Waals surface area contributed by atoms with Crippen molar-refractivity contribution < 1.29 is 9.69 Å². The number of para-hydroxylation sites is 1. The Morgan fingerprint density at radius 2 is 1.93 bits per heavy atom. The van der Waals surface area contributed by atoms with Crippen LogP contribution in [0.25, 0.3) is 0 Å². The minimum absolute atomic E-state index is 0.0644. The maximum Gasteiger partial charge on any atom is 0.234 e. The first-order valence-corrected chi connectivity index (χ1v) is 10.8. The van der Waals surface area contributed by atoms with Crippen LogP contribution in [0.2, 0.25) is 5.02 Å². The molecule has 1 aliphatic rings. The van der Waals surface area contributed by atoms with Crippen LogP contribution in [-0.4, -0.2) is 55.0 Å². The number of carbonyl (C=O) groups excluding carboxylic acids is 1. The third-order valence-electron chi connectivity index (χ3n) is 4.66. The maximum absolute atomic E-state index is 12.4. The monoisotopic (exact) mass is 417 g/mol. The molecular formula is C21H26ClN4OS+. The number of anilines is 1. The van der Waals surface area contributed by atoms with Gasteiger partial charge in [0.25, 0.3) is 0 Å². The van der Waals surface area contributed by atoms with E-state index in [1.54, 1.807) is 6.07 Å². The van der Waals surface area contributed by atoms with Crippen molar-refractivity contribution in [1.29, 1.82) is 0 Å². The molecule has 0 unspecified atom stereocenters. The summed E-state index contributed by atoms with van der Waals surface area (Å²) >= 11 is 7.62. The zero-order valence-electron chi connectivity index (χ0n) is 16.2. The Morgan fingerprint density at radius 1 is 1.21 bits per heavy atom. The van der Waals surface area contributed by atoms with E-state index in [2.05, 4.69) is 17.3 Å². The van der Waals surface area contributed by atoms with E-state index in [4.69, 9.17) is 16.6 Å². The second kappa shape index (κ2) is 9.96. The Kier molecular flexibility index (Phi) is 7.36. The Morgan fingerprint density at radius 3 is 2.61 bits per heavy atom. The lowest BCUT2D eigenvalue weighted by molar-refractivity contribution is -0.883. The number of hydrogen-bond acceptors (Lipinski definition) is 3. The van der Waals surface area contributed by atoms with Crippen molar-refractivity contribution in [1.82, 2.24) is 4.90 Å². The van der Waals surface area contributed by atoms with Gasteiger partial charge in [0.15, 0.2) is 5.17 Å². The number of amidine groups is 1. The first-order valence-electron chi connectivity index (χ1n) is 9.40. The van der Waals surface area contributed by atoms with Crippen LogP contribution in [0.15, 0.2) is 53.5 Å². The van der Waals surface area contributed by atoms with Crippen molar-refractivity contribution in [3.8, 4) is 0 Å². The SMILES string of the molecule is Cc1ccc(NC(=O)CSC(=Nc2ccccc2)N2CC[NH+](C)CC2)cc1Cl. The van der Waals surface area contributed by atoms with Crippen molar-refractivity contribution in [2.45, 2.75) is 6.92 Å². The standard InChI is InChI=1S/C21H25ClN4OS/c1-16-8-9-18(14-19(16)22)23-20(27)15-28-21(24-17-6-4-3-5-7-17)26-12-10-25(2)11-13-26/h3-9,14H,10-13,15H2,1-2H3,(H,23,27)/p+1. The van der Waals surface area contributed by atoms with Crippen LogP contribution in [-0.2, 0) is 4.79 Å². The largest absolute Gasteiger partial charge is 0.340 e. The highest BCUT2D eigenvalue weighted by atomic mass is 35.5. The first kappa shape index (κ1) is 20.7. The highest BCUT2D eigenvalue weighted by Gasteiger charge is 2.21. The number of nitrogens with zero attached hydrogens (tertiary/aromatic N) is 2. The Balaban J connectivity index is 1.66. The zero-order chi connectivity index (χ0) is 19.9. The van der Waals surface area contributed by atoms with Crippen molar-refractivity contribution in [3.63, 3.8) is 0 Å². The summed E-state index contributed by atoms with van der Waals surface area (Å²) in [5, 5.41) is 4.47. The predicted octanol–water partition coefficient (Wildman–Crippen LogP) is 2.84. The van der Waals surface area contributed by atoms with Crippen molar-refractivity contribution in [3.05, 3.63) is 59.1 Å². The number of benzene rings is 2. The van der Waals surface area contributed by atoms with E-state index in [9.17, 15) is 4.79 Å². The number of hydrogen-bond donors (Lipinski definition) is 2. The maximum atomic E-state index is 12.4. The van der Waals surface area contributed by atoms with Crippen LogP contribution >= 0.6 is 23.4 Å².